The quantitative estimate of drug-likeness (QED) is 0.0835. The molecule has 61 heavy (non-hydrogen) atoms. The Morgan fingerprint density at radius 2 is 1.08 bits per heavy atom. The molecule has 4 amide bonds. The average molecular weight is 939 g/mol. The molecule has 348 valence electrons. The average Bonchev–Trinajstić information content (AvgIpc) is 3.99. The molecule has 4 aliphatic heterocycles. The topological polar surface area (TPSA) is 255 Å². The number of piperidine rings is 2. The number of fused-ring (bicyclic) bond motifs is 4. The minimum Gasteiger partial charge on any atom is -0.724 e. The van der Waals surface area contributed by atoms with Crippen LogP contribution in [-0.2, 0) is 42.2 Å². The number of carbonyl (C=O) groups excluding carboxylic acids is 2. The van der Waals surface area contributed by atoms with Crippen LogP contribution < -0.4 is 5.73 Å². The van der Waals surface area contributed by atoms with E-state index in [0.29, 0.717) is 61.8 Å². The molecule has 4 aliphatic rings. The first-order valence-electron chi connectivity index (χ1n) is 21.7. The highest BCUT2D eigenvalue weighted by atomic mass is 32.3. The van der Waals surface area contributed by atoms with Crippen molar-refractivity contribution >= 4 is 55.5 Å². The molecule has 20 nitrogen and oxygen atoms in total. The lowest BCUT2D eigenvalue weighted by molar-refractivity contribution is -0.929. The van der Waals surface area contributed by atoms with Crippen LogP contribution >= 0.6 is 22.7 Å². The SMILES string of the molecule is CCCC[N+](CCCC)(CCCC)CCCC.CCCc1nnc([C@@H]2CC[C@@H]3CN2C(=O)N3OS(=O)(=O)[O-])s1.NCCc1nnc([C@@H]2CC[C@@H]3CN2C(=O)N3OS(=O)(=O)O)s1. The summed E-state index contributed by atoms with van der Waals surface area (Å²) in [5, 5.41) is 20.9. The predicted octanol–water partition coefficient (Wildman–Crippen LogP) is 5.54. The van der Waals surface area contributed by atoms with Crippen molar-refractivity contribution in [3.63, 3.8) is 0 Å². The Morgan fingerprint density at radius 1 is 0.672 bits per heavy atom. The van der Waals surface area contributed by atoms with Gasteiger partial charge in [-0.2, -0.15) is 22.8 Å². The molecule has 4 atom stereocenters. The number of amides is 4. The van der Waals surface area contributed by atoms with Crippen molar-refractivity contribution in [1.29, 1.82) is 0 Å². The molecule has 24 heteroatoms. The fourth-order valence-corrected chi connectivity index (χ4v) is 11.0. The van der Waals surface area contributed by atoms with Gasteiger partial charge in [0.05, 0.1) is 50.3 Å². The Morgan fingerprint density at radius 3 is 1.44 bits per heavy atom. The number of aryl methyl sites for hydroxylation is 1. The lowest BCUT2D eigenvalue weighted by Crippen LogP contribution is -2.50. The summed E-state index contributed by atoms with van der Waals surface area (Å²) in [5.41, 5.74) is 5.48. The van der Waals surface area contributed by atoms with Gasteiger partial charge in [-0.1, -0.05) is 83.0 Å². The Bertz CT molecular complexity index is 1750. The number of unbranched alkanes of at least 4 members (excludes halogenated alkanes) is 4. The minimum atomic E-state index is -4.96. The van der Waals surface area contributed by atoms with E-state index in [4.69, 9.17) is 10.3 Å². The number of carbonyl (C=O) groups is 2. The van der Waals surface area contributed by atoms with Gasteiger partial charge in [-0.3, -0.25) is 4.55 Å². The van der Waals surface area contributed by atoms with Crippen LogP contribution in [0.5, 0.6) is 0 Å². The summed E-state index contributed by atoms with van der Waals surface area (Å²) in [7, 11) is -9.69. The zero-order valence-electron chi connectivity index (χ0n) is 36.2. The maximum Gasteiger partial charge on any atom is 0.418 e. The maximum atomic E-state index is 12.3. The van der Waals surface area contributed by atoms with Gasteiger partial charge in [0, 0.05) is 25.9 Å². The molecule has 4 bridgehead atoms. The number of nitrogens with two attached hydrogens (primary N) is 1. The summed E-state index contributed by atoms with van der Waals surface area (Å²) in [6.07, 6.45) is 15.8. The number of urea groups is 2. The van der Waals surface area contributed by atoms with E-state index >= 15 is 0 Å². The smallest absolute Gasteiger partial charge is 0.418 e. The van der Waals surface area contributed by atoms with Crippen LogP contribution in [-0.4, -0.2) is 141 Å². The molecule has 2 aromatic heterocycles. The largest absolute Gasteiger partial charge is 0.724 e. The Labute approximate surface area is 369 Å². The summed E-state index contributed by atoms with van der Waals surface area (Å²) < 4.78 is 72.7. The normalized spacial score (nSPS) is 21.4. The summed E-state index contributed by atoms with van der Waals surface area (Å²) in [4.78, 5) is 27.5. The molecule has 6 heterocycles. The van der Waals surface area contributed by atoms with E-state index < -0.39 is 44.9 Å². The van der Waals surface area contributed by atoms with E-state index in [9.17, 15) is 31.0 Å². The number of aromatic nitrogens is 4. The number of hydrogen-bond donors (Lipinski definition) is 2. The van der Waals surface area contributed by atoms with E-state index in [-0.39, 0.29) is 12.1 Å². The van der Waals surface area contributed by atoms with Crippen molar-refractivity contribution in [3.8, 4) is 0 Å². The standard InChI is InChI=1S/C16H36N.C11H16N4O5S2.C10H15N5O5S2/c1-5-9-13-17(14-10-6-2,15-11-7-3)16-12-8-4;1-2-3-9-12-13-10(21-9)8-5-4-7-6-14(8)11(16)15(7)20-22(17,18)19;11-4-3-8-12-13-9(21-8)7-2-1-6-5-14(7)10(16)15(6)20-22(17,18)19/h5-16H2,1-4H3;7-8H,2-6H2,1H3,(H,17,18,19);6-7H,1-5,11H2,(H,17,18,19)/q+1;;/p-1/t;7-,8+;6-,7+/m.11/s1. The second-order valence-electron chi connectivity index (χ2n) is 16.0. The third kappa shape index (κ3) is 14.7. The molecule has 6 rings (SSSR count). The number of quaternary nitrogens is 1. The van der Waals surface area contributed by atoms with Crippen LogP contribution in [0, 0.1) is 0 Å². The Kier molecular flexibility index (Phi) is 19.9. The van der Waals surface area contributed by atoms with Crippen LogP contribution in [0.1, 0.15) is 150 Å². The van der Waals surface area contributed by atoms with Gasteiger partial charge >= 0.3 is 22.5 Å². The summed E-state index contributed by atoms with van der Waals surface area (Å²) in [6, 6.07) is -2.53. The molecule has 0 saturated carbocycles. The first-order valence-corrected chi connectivity index (χ1v) is 26.1. The predicted molar refractivity (Wildman–Crippen MR) is 229 cm³/mol. The monoisotopic (exact) mass is 938 g/mol. The fraction of sp³-hybridized carbons (Fsp3) is 0.838. The summed E-state index contributed by atoms with van der Waals surface area (Å²) >= 11 is 2.86. The van der Waals surface area contributed by atoms with Gasteiger partial charge in [0.15, 0.2) is 0 Å². The Hall–Kier alpha value is -2.68. The lowest BCUT2D eigenvalue weighted by atomic mass is 10.0. The Balaban J connectivity index is 0.000000204. The van der Waals surface area contributed by atoms with Crippen molar-refractivity contribution < 1.29 is 48.6 Å². The van der Waals surface area contributed by atoms with Gasteiger partial charge in [-0.25, -0.2) is 18.0 Å². The van der Waals surface area contributed by atoms with Crippen LogP contribution in [0.4, 0.5) is 9.59 Å². The molecule has 0 aliphatic carbocycles. The van der Waals surface area contributed by atoms with Crippen molar-refractivity contribution in [2.45, 2.75) is 155 Å². The van der Waals surface area contributed by atoms with Gasteiger partial charge in [0.1, 0.15) is 20.0 Å². The minimum absolute atomic E-state index is 0.241. The van der Waals surface area contributed by atoms with Crippen LogP contribution in [0.3, 0.4) is 0 Å². The molecule has 3 N–H and O–H groups in total. The second-order valence-corrected chi connectivity index (χ2v) is 20.2. The molecular weight excluding hydrogens is 873 g/mol. The molecule has 0 spiro atoms. The molecule has 4 saturated heterocycles. The van der Waals surface area contributed by atoms with Crippen molar-refractivity contribution in [2.75, 3.05) is 45.8 Å². The zero-order chi connectivity index (χ0) is 44.8. The summed E-state index contributed by atoms with van der Waals surface area (Å²) in [5.74, 6) is 0. The number of rotatable bonds is 22. The third-order valence-electron chi connectivity index (χ3n) is 11.3. The highest BCUT2D eigenvalue weighted by molar-refractivity contribution is 7.81. The van der Waals surface area contributed by atoms with Gasteiger partial charge < -0.3 is 24.6 Å². The third-order valence-corrected chi connectivity index (χ3v) is 14.2. The van der Waals surface area contributed by atoms with Crippen molar-refractivity contribution in [2.24, 2.45) is 5.73 Å². The fourth-order valence-electron chi connectivity index (χ4n) is 8.16. The van der Waals surface area contributed by atoms with Gasteiger partial charge in [0.2, 0.25) is 10.4 Å². The van der Waals surface area contributed by atoms with Gasteiger partial charge in [-0.15, -0.1) is 24.7 Å². The lowest BCUT2D eigenvalue weighted by Gasteiger charge is -2.39. The van der Waals surface area contributed by atoms with Crippen molar-refractivity contribution in [3.05, 3.63) is 20.0 Å². The molecule has 0 radical (unpaired) electrons. The van der Waals surface area contributed by atoms with E-state index in [2.05, 4.69) is 63.6 Å². The number of hydrogen-bond acceptors (Lipinski definition) is 16. The van der Waals surface area contributed by atoms with Gasteiger partial charge in [-0.05, 0) is 64.3 Å². The molecule has 2 aromatic rings. The maximum absolute atomic E-state index is 12.3. The molecule has 0 aromatic carbocycles. The highest BCUT2D eigenvalue weighted by Gasteiger charge is 2.49. The molecule has 4 fully saturated rings. The first kappa shape index (κ1) is 51.0. The van der Waals surface area contributed by atoms with E-state index in [0.717, 1.165) is 32.9 Å². The second kappa shape index (κ2) is 23.8. The number of nitrogens with zero attached hydrogens (tertiary/aromatic N) is 9. The first-order chi connectivity index (χ1) is 29.0. The van der Waals surface area contributed by atoms with Crippen LogP contribution in [0.2, 0.25) is 0 Å². The van der Waals surface area contributed by atoms with Crippen LogP contribution in [0.25, 0.3) is 0 Å². The highest BCUT2D eigenvalue weighted by Crippen LogP contribution is 2.41. The zero-order valence-corrected chi connectivity index (χ0v) is 39.5. The van der Waals surface area contributed by atoms with Gasteiger partial charge in [0.25, 0.3) is 0 Å². The summed E-state index contributed by atoms with van der Waals surface area (Å²) in [6.45, 7) is 18.2. The molecule has 0 unspecified atom stereocenters. The van der Waals surface area contributed by atoms with Crippen LogP contribution in [0.15, 0.2) is 0 Å². The molecular formula is C37H66N10O10S4. The number of hydroxylamine groups is 4. The van der Waals surface area contributed by atoms with E-state index in [1.807, 2.05) is 0 Å². The van der Waals surface area contributed by atoms with Crippen molar-refractivity contribution in [1.82, 2.24) is 40.3 Å². The van der Waals surface area contributed by atoms with E-state index in [1.165, 1.54) is 115 Å². The van der Waals surface area contributed by atoms with E-state index in [1.54, 1.807) is 0 Å².